The maximum absolute atomic E-state index is 13.7. The van der Waals surface area contributed by atoms with E-state index in [9.17, 15) is 13.2 Å². The van der Waals surface area contributed by atoms with Crippen LogP contribution in [0.25, 0.3) is 0 Å². The molecule has 1 saturated heterocycles. The molecule has 6 nitrogen and oxygen atoms in total. The van der Waals surface area contributed by atoms with Crippen LogP contribution >= 0.6 is 0 Å². The molecule has 0 saturated carbocycles. The van der Waals surface area contributed by atoms with Crippen LogP contribution in [-0.2, 0) is 14.8 Å². The molecule has 0 aromatic heterocycles. The third-order valence-electron chi connectivity index (χ3n) is 6.26. The van der Waals surface area contributed by atoms with E-state index in [-0.39, 0.29) is 17.3 Å². The summed E-state index contributed by atoms with van der Waals surface area (Å²) in [6.45, 7) is 8.06. The summed E-state index contributed by atoms with van der Waals surface area (Å²) in [5.41, 5.74) is 4.50. The van der Waals surface area contributed by atoms with Crippen molar-refractivity contribution in [1.29, 1.82) is 0 Å². The van der Waals surface area contributed by atoms with Crippen molar-refractivity contribution in [2.45, 2.75) is 25.7 Å². The number of aryl methyl sites for hydroxylation is 3. The molecular formula is C27H31N3O3S. The molecule has 178 valence electrons. The third-order valence-corrected chi connectivity index (χ3v) is 8.04. The zero-order valence-electron chi connectivity index (χ0n) is 19.9. The van der Waals surface area contributed by atoms with E-state index in [0.29, 0.717) is 31.9 Å². The van der Waals surface area contributed by atoms with Gasteiger partial charge in [0.1, 0.15) is 6.54 Å². The fraction of sp³-hybridized carbons (Fsp3) is 0.296. The Hall–Kier alpha value is -3.32. The Morgan fingerprint density at radius 1 is 0.824 bits per heavy atom. The van der Waals surface area contributed by atoms with E-state index in [2.05, 4.69) is 17.0 Å². The number of benzene rings is 3. The molecule has 1 fully saturated rings. The number of anilines is 2. The van der Waals surface area contributed by atoms with Crippen molar-refractivity contribution in [3.63, 3.8) is 0 Å². The van der Waals surface area contributed by atoms with Gasteiger partial charge in [-0.05, 0) is 56.7 Å². The molecule has 3 aromatic carbocycles. The monoisotopic (exact) mass is 477 g/mol. The van der Waals surface area contributed by atoms with E-state index in [1.165, 1.54) is 4.31 Å². The van der Waals surface area contributed by atoms with Crippen molar-refractivity contribution in [3.05, 3.63) is 89.5 Å². The topological polar surface area (TPSA) is 60.9 Å². The van der Waals surface area contributed by atoms with Gasteiger partial charge in [-0.2, -0.15) is 0 Å². The summed E-state index contributed by atoms with van der Waals surface area (Å²) < 4.78 is 28.6. The highest BCUT2D eigenvalue weighted by Crippen LogP contribution is 2.28. The normalized spacial score (nSPS) is 14.2. The zero-order chi connectivity index (χ0) is 24.3. The van der Waals surface area contributed by atoms with E-state index in [0.717, 1.165) is 22.4 Å². The lowest BCUT2D eigenvalue weighted by molar-refractivity contribution is -0.129. The third kappa shape index (κ3) is 5.09. The first-order chi connectivity index (χ1) is 16.3. The molecule has 0 N–H and O–H groups in total. The molecule has 4 rings (SSSR count). The van der Waals surface area contributed by atoms with Gasteiger partial charge in [-0.15, -0.1) is 0 Å². The first-order valence-electron chi connectivity index (χ1n) is 11.5. The van der Waals surface area contributed by atoms with Crippen molar-refractivity contribution < 1.29 is 13.2 Å². The summed E-state index contributed by atoms with van der Waals surface area (Å²) in [6.07, 6.45) is 0. The van der Waals surface area contributed by atoms with E-state index in [4.69, 9.17) is 0 Å². The Kier molecular flexibility index (Phi) is 6.93. The molecule has 34 heavy (non-hydrogen) atoms. The Morgan fingerprint density at radius 2 is 1.44 bits per heavy atom. The lowest BCUT2D eigenvalue weighted by Crippen LogP contribution is -2.52. The number of sulfonamides is 1. The maximum Gasteiger partial charge on any atom is 0.264 e. The number of hydrogen-bond donors (Lipinski definition) is 0. The molecule has 3 aromatic rings. The number of amides is 1. The van der Waals surface area contributed by atoms with E-state index in [1.807, 2.05) is 51.1 Å². The first-order valence-corrected chi connectivity index (χ1v) is 12.9. The number of piperazine rings is 1. The van der Waals surface area contributed by atoms with Gasteiger partial charge in [0.05, 0.1) is 10.6 Å². The molecular weight excluding hydrogens is 446 g/mol. The fourth-order valence-corrected chi connectivity index (χ4v) is 5.78. The van der Waals surface area contributed by atoms with Crippen LogP contribution in [0.3, 0.4) is 0 Å². The Bertz CT molecular complexity index is 1250. The average molecular weight is 478 g/mol. The van der Waals surface area contributed by atoms with Gasteiger partial charge in [-0.25, -0.2) is 8.42 Å². The van der Waals surface area contributed by atoms with Crippen LogP contribution in [0, 0.1) is 20.8 Å². The number of carbonyl (C=O) groups is 1. The minimum Gasteiger partial charge on any atom is -0.368 e. The number of carbonyl (C=O) groups excluding carboxylic acids is 1. The standard InChI is InChI=1S/C27H31N3O3S/c1-21-9-12-25(13-10-21)34(32,33)30(26-14-11-22(2)19-23(26)3)20-27(31)29-17-15-28(16-18-29)24-7-5-4-6-8-24/h4-14,19H,15-18,20H2,1-3H3. The van der Waals surface area contributed by atoms with Gasteiger partial charge >= 0.3 is 0 Å². The van der Waals surface area contributed by atoms with Crippen LogP contribution in [-0.4, -0.2) is 51.9 Å². The Balaban J connectivity index is 1.57. The first kappa shape index (κ1) is 23.8. The highest BCUT2D eigenvalue weighted by Gasteiger charge is 2.31. The second-order valence-corrected chi connectivity index (χ2v) is 10.7. The van der Waals surface area contributed by atoms with Crippen LogP contribution in [0.2, 0.25) is 0 Å². The summed E-state index contributed by atoms with van der Waals surface area (Å²) in [5.74, 6) is -0.191. The van der Waals surface area contributed by atoms with Crippen molar-refractivity contribution >= 4 is 27.3 Å². The van der Waals surface area contributed by atoms with Crippen LogP contribution in [0.5, 0.6) is 0 Å². The van der Waals surface area contributed by atoms with Crippen LogP contribution in [0.15, 0.2) is 77.7 Å². The van der Waals surface area contributed by atoms with Gasteiger partial charge in [0.15, 0.2) is 0 Å². The van der Waals surface area contributed by atoms with E-state index < -0.39 is 10.0 Å². The largest absolute Gasteiger partial charge is 0.368 e. The SMILES string of the molecule is Cc1ccc(S(=O)(=O)N(CC(=O)N2CCN(c3ccccc3)CC2)c2ccc(C)cc2C)cc1. The minimum absolute atomic E-state index is 0.180. The van der Waals surface area contributed by atoms with Crippen molar-refractivity contribution in [1.82, 2.24) is 4.90 Å². The lowest BCUT2D eigenvalue weighted by Gasteiger charge is -2.37. The molecule has 1 aliphatic rings. The van der Waals surface area contributed by atoms with Gasteiger partial charge < -0.3 is 9.80 Å². The maximum atomic E-state index is 13.7. The van der Waals surface area contributed by atoms with Crippen LogP contribution < -0.4 is 9.21 Å². The van der Waals surface area contributed by atoms with Crippen LogP contribution in [0.4, 0.5) is 11.4 Å². The summed E-state index contributed by atoms with van der Waals surface area (Å²) >= 11 is 0. The quantitative estimate of drug-likeness (QED) is 0.535. The smallest absolute Gasteiger partial charge is 0.264 e. The van der Waals surface area contributed by atoms with Gasteiger partial charge in [-0.3, -0.25) is 9.10 Å². The average Bonchev–Trinajstić information content (AvgIpc) is 2.84. The lowest BCUT2D eigenvalue weighted by atomic mass is 10.1. The second kappa shape index (κ2) is 9.89. The van der Waals surface area contributed by atoms with E-state index >= 15 is 0 Å². The number of para-hydroxylation sites is 1. The van der Waals surface area contributed by atoms with Crippen molar-refractivity contribution in [3.8, 4) is 0 Å². The molecule has 0 bridgehead atoms. The number of hydrogen-bond acceptors (Lipinski definition) is 4. The molecule has 0 spiro atoms. The summed E-state index contributed by atoms with van der Waals surface area (Å²) in [7, 11) is -3.92. The summed E-state index contributed by atoms with van der Waals surface area (Å²) in [6, 6.07) is 22.5. The molecule has 1 heterocycles. The van der Waals surface area contributed by atoms with Gasteiger partial charge in [0.2, 0.25) is 5.91 Å². The predicted octanol–water partition coefficient (Wildman–Crippen LogP) is 4.16. The number of nitrogens with zero attached hydrogens (tertiary/aromatic N) is 3. The van der Waals surface area contributed by atoms with Crippen molar-refractivity contribution in [2.24, 2.45) is 0 Å². The molecule has 0 atom stereocenters. The molecule has 0 radical (unpaired) electrons. The molecule has 7 heteroatoms. The number of rotatable bonds is 6. The highest BCUT2D eigenvalue weighted by atomic mass is 32.2. The summed E-state index contributed by atoms with van der Waals surface area (Å²) in [4.78, 5) is 17.5. The highest BCUT2D eigenvalue weighted by molar-refractivity contribution is 7.92. The van der Waals surface area contributed by atoms with E-state index in [1.54, 1.807) is 35.2 Å². The fourth-order valence-electron chi connectivity index (χ4n) is 4.30. The molecule has 0 unspecified atom stereocenters. The van der Waals surface area contributed by atoms with Crippen molar-refractivity contribution in [2.75, 3.05) is 41.9 Å². The molecule has 1 amide bonds. The van der Waals surface area contributed by atoms with Crippen LogP contribution in [0.1, 0.15) is 16.7 Å². The van der Waals surface area contributed by atoms with Gasteiger partial charge in [0, 0.05) is 31.9 Å². The molecule has 0 aliphatic carbocycles. The Morgan fingerprint density at radius 3 is 2.06 bits per heavy atom. The minimum atomic E-state index is -3.92. The Labute approximate surface area is 202 Å². The predicted molar refractivity (Wildman–Crippen MR) is 137 cm³/mol. The second-order valence-electron chi connectivity index (χ2n) is 8.82. The van der Waals surface area contributed by atoms with Gasteiger partial charge in [0.25, 0.3) is 10.0 Å². The molecule has 1 aliphatic heterocycles. The summed E-state index contributed by atoms with van der Waals surface area (Å²) in [5, 5.41) is 0. The van der Waals surface area contributed by atoms with Gasteiger partial charge in [-0.1, -0.05) is 53.6 Å². The zero-order valence-corrected chi connectivity index (χ0v) is 20.8.